The summed E-state index contributed by atoms with van der Waals surface area (Å²) < 4.78 is 54.2. The zero-order chi connectivity index (χ0) is 14.6. The summed E-state index contributed by atoms with van der Waals surface area (Å²) in [5.74, 6) is 0. The minimum atomic E-state index is -5.31. The van der Waals surface area contributed by atoms with Crippen LogP contribution in [0.2, 0.25) is 0 Å². The van der Waals surface area contributed by atoms with E-state index in [1.165, 1.54) is 12.1 Å². The number of halogens is 3. The summed E-state index contributed by atoms with van der Waals surface area (Å²) in [6.07, 6.45) is -5.31. The van der Waals surface area contributed by atoms with Crippen molar-refractivity contribution in [1.82, 2.24) is 0 Å². The molecule has 0 spiro atoms. The van der Waals surface area contributed by atoms with Crippen molar-refractivity contribution in [2.24, 2.45) is 5.73 Å². The molecule has 0 bridgehead atoms. The van der Waals surface area contributed by atoms with Crippen molar-refractivity contribution in [3.05, 3.63) is 29.8 Å². The number of fused-ring (bicyclic) bond motifs is 1. The number of primary amides is 1. The van der Waals surface area contributed by atoms with Crippen LogP contribution in [0.5, 0.6) is 0 Å². The predicted molar refractivity (Wildman–Crippen MR) is 53.3 cm³/mol. The molecule has 0 aromatic heterocycles. The van der Waals surface area contributed by atoms with E-state index in [9.17, 15) is 23.1 Å². The lowest BCUT2D eigenvalue weighted by Gasteiger charge is -2.26. The smallest absolute Gasteiger partial charge is 0.375 e. The molecule has 17 heavy (non-hydrogen) atoms. The van der Waals surface area contributed by atoms with Gasteiger partial charge in [-0.3, -0.25) is 4.90 Å². The zero-order valence-electron chi connectivity index (χ0n) is 10.3. The fourth-order valence-electron chi connectivity index (χ4n) is 1.65. The molecule has 1 aliphatic rings. The number of hydrogen-bond donors (Lipinski definition) is 2. The van der Waals surface area contributed by atoms with E-state index >= 15 is 0 Å². The summed E-state index contributed by atoms with van der Waals surface area (Å²) in [6, 6.07) is 3.09. The van der Waals surface area contributed by atoms with Crippen LogP contribution in [-0.4, -0.2) is 23.8 Å². The predicted octanol–water partition coefficient (Wildman–Crippen LogP) is 1.34. The SMILES string of the molecule is [2H]C1([2H])N(C(N)=O)c2ccccc2C1(O)C(F)(F)F. The first-order valence-corrected chi connectivity index (χ1v) is 4.53. The number of hydrogen-bond acceptors (Lipinski definition) is 2. The largest absolute Gasteiger partial charge is 0.423 e. The maximum Gasteiger partial charge on any atom is 0.423 e. The van der Waals surface area contributed by atoms with E-state index in [2.05, 4.69) is 0 Å². The molecule has 0 fully saturated rings. The van der Waals surface area contributed by atoms with Gasteiger partial charge in [0.05, 0.1) is 14.9 Å². The Hall–Kier alpha value is -1.76. The molecule has 1 atom stereocenters. The van der Waals surface area contributed by atoms with Gasteiger partial charge < -0.3 is 10.8 Å². The van der Waals surface area contributed by atoms with Crippen molar-refractivity contribution < 1.29 is 25.8 Å². The molecule has 0 aliphatic carbocycles. The first-order valence-electron chi connectivity index (χ1n) is 5.53. The van der Waals surface area contributed by atoms with Gasteiger partial charge >= 0.3 is 12.2 Å². The summed E-state index contributed by atoms with van der Waals surface area (Å²) in [7, 11) is 0. The second kappa shape index (κ2) is 3.36. The molecule has 0 saturated heterocycles. The number of carbonyl (C=O) groups excluding carboxylic acids is 1. The van der Waals surface area contributed by atoms with Crippen LogP contribution in [0.1, 0.15) is 8.30 Å². The molecule has 2 rings (SSSR count). The number of amides is 2. The highest BCUT2D eigenvalue weighted by Crippen LogP contribution is 2.48. The standard InChI is InChI=1S/C10H9F3N2O2/c11-10(12,13)9(17)5-15(8(14)16)7-4-2-1-3-6(7)9/h1-4,17H,5H2,(H2,14,16)/i5D2. The number of aliphatic hydroxyl groups is 1. The number of carbonyl (C=O) groups is 1. The Morgan fingerprint density at radius 2 is 2.12 bits per heavy atom. The Morgan fingerprint density at radius 3 is 2.65 bits per heavy atom. The third-order valence-electron chi connectivity index (χ3n) is 2.44. The van der Waals surface area contributed by atoms with Gasteiger partial charge in [-0.2, -0.15) is 13.2 Å². The number of para-hydroxylation sites is 1. The highest BCUT2D eigenvalue weighted by Gasteiger charge is 2.60. The van der Waals surface area contributed by atoms with Crippen molar-refractivity contribution in [2.45, 2.75) is 11.8 Å². The minimum absolute atomic E-state index is 0.107. The molecule has 1 aliphatic heterocycles. The van der Waals surface area contributed by atoms with Crippen molar-refractivity contribution in [3.8, 4) is 0 Å². The Bertz CT molecular complexity index is 550. The summed E-state index contributed by atoms with van der Waals surface area (Å²) in [5, 5.41) is 9.88. The van der Waals surface area contributed by atoms with Gasteiger partial charge in [-0.25, -0.2) is 4.79 Å². The second-order valence-corrected chi connectivity index (χ2v) is 3.51. The maximum absolute atomic E-state index is 13.1. The molecule has 2 amide bonds. The van der Waals surface area contributed by atoms with Gasteiger partial charge in [0.15, 0.2) is 0 Å². The molecule has 1 unspecified atom stereocenters. The van der Waals surface area contributed by atoms with E-state index in [0.29, 0.717) is 0 Å². The third kappa shape index (κ3) is 1.54. The van der Waals surface area contributed by atoms with Crippen LogP contribution in [0.3, 0.4) is 0 Å². The van der Waals surface area contributed by atoms with Crippen molar-refractivity contribution in [2.75, 3.05) is 11.4 Å². The van der Waals surface area contributed by atoms with Crippen molar-refractivity contribution >= 4 is 11.7 Å². The van der Waals surface area contributed by atoms with E-state index < -0.39 is 35.6 Å². The molecule has 1 aromatic rings. The molecule has 7 heteroatoms. The fourth-order valence-corrected chi connectivity index (χ4v) is 1.65. The van der Waals surface area contributed by atoms with Gasteiger partial charge in [-0.15, -0.1) is 0 Å². The van der Waals surface area contributed by atoms with Crippen LogP contribution < -0.4 is 10.6 Å². The number of alkyl halides is 3. The van der Waals surface area contributed by atoms with Gasteiger partial charge in [-0.05, 0) is 6.07 Å². The number of nitrogens with zero attached hydrogens (tertiary/aromatic N) is 1. The van der Waals surface area contributed by atoms with Crippen LogP contribution in [0.25, 0.3) is 0 Å². The monoisotopic (exact) mass is 248 g/mol. The minimum Gasteiger partial charge on any atom is -0.375 e. The summed E-state index contributed by atoms with van der Waals surface area (Å²) >= 11 is 0. The number of urea groups is 1. The summed E-state index contributed by atoms with van der Waals surface area (Å²) in [6.45, 7) is -3.43. The number of β-amino-alcohol motifs (C(OH)–C–C–N with tert-alkyl or cyclic N) is 1. The number of benzene rings is 1. The normalized spacial score (nSPS) is 28.4. The van der Waals surface area contributed by atoms with Crippen LogP contribution in [0, 0.1) is 0 Å². The topological polar surface area (TPSA) is 66.6 Å². The summed E-state index contributed by atoms with van der Waals surface area (Å²) in [4.78, 5) is 11.3. The van der Waals surface area contributed by atoms with E-state index in [-0.39, 0.29) is 4.90 Å². The van der Waals surface area contributed by atoms with E-state index in [1.54, 1.807) is 0 Å². The van der Waals surface area contributed by atoms with Crippen molar-refractivity contribution in [1.29, 1.82) is 0 Å². The Morgan fingerprint density at radius 1 is 1.53 bits per heavy atom. The molecular formula is C10H9F3N2O2. The van der Waals surface area contributed by atoms with E-state index in [0.717, 1.165) is 12.1 Å². The first kappa shape index (κ1) is 9.29. The molecule has 92 valence electrons. The van der Waals surface area contributed by atoms with Gasteiger partial charge in [0, 0.05) is 5.56 Å². The molecule has 0 radical (unpaired) electrons. The molecule has 1 heterocycles. The average molecular weight is 248 g/mol. The van der Waals surface area contributed by atoms with Crippen LogP contribution in [0.4, 0.5) is 23.7 Å². The molecule has 4 nitrogen and oxygen atoms in total. The zero-order valence-corrected chi connectivity index (χ0v) is 8.32. The second-order valence-electron chi connectivity index (χ2n) is 3.51. The fraction of sp³-hybridized carbons (Fsp3) is 0.300. The third-order valence-corrected chi connectivity index (χ3v) is 2.44. The highest BCUT2D eigenvalue weighted by molar-refractivity contribution is 5.93. The maximum atomic E-state index is 13.1. The van der Waals surface area contributed by atoms with Gasteiger partial charge in [-0.1, -0.05) is 18.2 Å². The van der Waals surface area contributed by atoms with Crippen molar-refractivity contribution in [3.63, 3.8) is 0 Å². The number of anilines is 1. The Labute approximate surface area is 97.2 Å². The Balaban J connectivity index is 2.81. The van der Waals surface area contributed by atoms with E-state index in [4.69, 9.17) is 8.48 Å². The van der Waals surface area contributed by atoms with Gasteiger partial charge in [0.2, 0.25) is 5.60 Å². The molecule has 3 N–H and O–H groups in total. The number of rotatable bonds is 0. The Kier molecular flexibility index (Phi) is 1.84. The highest BCUT2D eigenvalue weighted by atomic mass is 19.4. The lowest BCUT2D eigenvalue weighted by Crippen LogP contribution is -2.48. The van der Waals surface area contributed by atoms with Crippen LogP contribution in [0.15, 0.2) is 24.3 Å². The lowest BCUT2D eigenvalue weighted by molar-refractivity contribution is -0.258. The van der Waals surface area contributed by atoms with Crippen LogP contribution >= 0.6 is 0 Å². The number of nitrogens with two attached hydrogens (primary N) is 1. The van der Waals surface area contributed by atoms with Gasteiger partial charge in [0.1, 0.15) is 0 Å². The van der Waals surface area contributed by atoms with Crippen LogP contribution in [-0.2, 0) is 5.60 Å². The lowest BCUT2D eigenvalue weighted by atomic mass is 9.96. The van der Waals surface area contributed by atoms with Gasteiger partial charge in [0.25, 0.3) is 0 Å². The summed E-state index contributed by atoms with van der Waals surface area (Å²) in [5.41, 5.74) is -0.0537. The van der Waals surface area contributed by atoms with E-state index in [1.807, 2.05) is 0 Å². The molecule has 1 aromatic carbocycles. The molecule has 0 saturated carbocycles. The average Bonchev–Trinajstić information content (AvgIpc) is 2.44. The first-order chi connectivity index (χ1) is 8.55. The quantitative estimate of drug-likeness (QED) is 0.727. The molecular weight excluding hydrogens is 237 g/mol.